The summed E-state index contributed by atoms with van der Waals surface area (Å²) in [5.41, 5.74) is 7.09. The minimum absolute atomic E-state index is 0.532. The van der Waals surface area contributed by atoms with Crippen molar-refractivity contribution in [3.05, 3.63) is 34.9 Å². The lowest BCUT2D eigenvalue weighted by Gasteiger charge is -2.72. The van der Waals surface area contributed by atoms with E-state index in [9.17, 15) is 0 Å². The molecule has 162 valence electrons. The van der Waals surface area contributed by atoms with Gasteiger partial charge in [0.25, 0.3) is 0 Å². The predicted octanol–water partition coefficient (Wildman–Crippen LogP) is 7.87. The van der Waals surface area contributed by atoms with Crippen LogP contribution in [0.3, 0.4) is 0 Å². The Morgan fingerprint density at radius 1 is 0.667 bits per heavy atom. The summed E-state index contributed by atoms with van der Waals surface area (Å²) in [4.78, 5) is 0. The number of benzene rings is 1. The van der Waals surface area contributed by atoms with Crippen molar-refractivity contribution < 1.29 is 0 Å². The van der Waals surface area contributed by atoms with E-state index >= 15 is 0 Å². The van der Waals surface area contributed by atoms with E-state index in [0.29, 0.717) is 10.8 Å². The lowest BCUT2D eigenvalue weighted by molar-refractivity contribution is -0.206. The van der Waals surface area contributed by atoms with Crippen LogP contribution < -0.4 is 0 Å². The SMILES string of the molecule is CCc1ccc(CC)c(C23CC4CC(C2)CC(C25CC6CC(CC(C6)C2)C5)(C4)C3)c1. The molecule has 0 saturated heterocycles. The van der Waals surface area contributed by atoms with Gasteiger partial charge in [0.1, 0.15) is 0 Å². The molecule has 8 fully saturated rings. The first-order valence-electron chi connectivity index (χ1n) is 13.7. The summed E-state index contributed by atoms with van der Waals surface area (Å²) in [5, 5.41) is 0. The molecule has 30 heavy (non-hydrogen) atoms. The monoisotopic (exact) mass is 402 g/mol. The molecule has 1 aromatic rings. The van der Waals surface area contributed by atoms with Crippen LogP contribution in [0, 0.1) is 40.4 Å². The number of hydrogen-bond acceptors (Lipinski definition) is 0. The van der Waals surface area contributed by atoms with Crippen molar-refractivity contribution in [1.29, 1.82) is 0 Å². The first-order chi connectivity index (χ1) is 14.5. The molecule has 8 aliphatic carbocycles. The molecule has 8 bridgehead atoms. The van der Waals surface area contributed by atoms with Gasteiger partial charge in [0, 0.05) is 0 Å². The van der Waals surface area contributed by atoms with Crippen molar-refractivity contribution in [2.45, 2.75) is 109 Å². The van der Waals surface area contributed by atoms with Crippen molar-refractivity contribution >= 4 is 0 Å². The second-order valence-electron chi connectivity index (χ2n) is 13.4. The fourth-order valence-corrected chi connectivity index (χ4v) is 11.6. The van der Waals surface area contributed by atoms with E-state index in [1.807, 2.05) is 5.56 Å². The Kier molecular flexibility index (Phi) is 3.86. The first-order valence-corrected chi connectivity index (χ1v) is 13.7. The van der Waals surface area contributed by atoms with Gasteiger partial charge in [-0.25, -0.2) is 0 Å². The molecule has 2 unspecified atom stereocenters. The van der Waals surface area contributed by atoms with Crippen molar-refractivity contribution in [2.75, 3.05) is 0 Å². The average molecular weight is 403 g/mol. The van der Waals surface area contributed by atoms with Gasteiger partial charge >= 0.3 is 0 Å². The highest BCUT2D eigenvalue weighted by molar-refractivity contribution is 5.41. The molecule has 0 N–H and O–H groups in total. The van der Waals surface area contributed by atoms with E-state index < -0.39 is 0 Å². The summed E-state index contributed by atoms with van der Waals surface area (Å²) in [6, 6.07) is 7.64. The molecular formula is C30H42. The van der Waals surface area contributed by atoms with Crippen LogP contribution in [0.5, 0.6) is 0 Å². The Labute approximate surface area is 184 Å². The fraction of sp³-hybridized carbons (Fsp3) is 0.800. The molecule has 0 aliphatic heterocycles. The normalized spacial score (nSPS) is 50.4. The minimum atomic E-state index is 0.532. The first kappa shape index (κ1) is 18.8. The maximum absolute atomic E-state index is 2.69. The molecule has 2 atom stereocenters. The van der Waals surface area contributed by atoms with Gasteiger partial charge in [-0.3, -0.25) is 0 Å². The summed E-state index contributed by atoms with van der Waals surface area (Å²) in [6.45, 7) is 4.75. The molecule has 9 rings (SSSR count). The summed E-state index contributed by atoms with van der Waals surface area (Å²) < 4.78 is 0. The molecule has 1 aromatic carbocycles. The van der Waals surface area contributed by atoms with Gasteiger partial charge in [0.2, 0.25) is 0 Å². The quantitative estimate of drug-likeness (QED) is 0.480. The molecular weight excluding hydrogens is 360 g/mol. The lowest BCUT2D eigenvalue weighted by atomic mass is 9.32. The maximum atomic E-state index is 2.69. The van der Waals surface area contributed by atoms with Gasteiger partial charge < -0.3 is 0 Å². The van der Waals surface area contributed by atoms with E-state index in [-0.39, 0.29) is 0 Å². The second-order valence-corrected chi connectivity index (χ2v) is 13.4. The highest BCUT2D eigenvalue weighted by atomic mass is 14.7. The van der Waals surface area contributed by atoms with Crippen LogP contribution >= 0.6 is 0 Å². The smallest absolute Gasteiger partial charge is 0.00334 e. The van der Waals surface area contributed by atoms with Crippen molar-refractivity contribution in [3.8, 4) is 0 Å². The minimum Gasteiger partial charge on any atom is -0.0613 e. The molecule has 0 spiro atoms. The summed E-state index contributed by atoms with van der Waals surface area (Å²) in [5.74, 6) is 5.39. The molecule has 0 heteroatoms. The Balaban J connectivity index is 1.34. The van der Waals surface area contributed by atoms with E-state index in [0.717, 1.165) is 35.0 Å². The van der Waals surface area contributed by atoms with Gasteiger partial charge in [0.15, 0.2) is 0 Å². The number of rotatable bonds is 4. The van der Waals surface area contributed by atoms with E-state index in [2.05, 4.69) is 32.0 Å². The zero-order chi connectivity index (χ0) is 20.1. The second kappa shape index (κ2) is 6.17. The molecule has 0 heterocycles. The van der Waals surface area contributed by atoms with Gasteiger partial charge in [-0.2, -0.15) is 0 Å². The molecule has 8 saturated carbocycles. The van der Waals surface area contributed by atoms with Crippen molar-refractivity contribution in [1.82, 2.24) is 0 Å². The fourth-order valence-electron chi connectivity index (χ4n) is 11.6. The lowest BCUT2D eigenvalue weighted by Crippen LogP contribution is -2.63. The third kappa shape index (κ3) is 2.40. The zero-order valence-corrected chi connectivity index (χ0v) is 19.5. The third-order valence-corrected chi connectivity index (χ3v) is 11.8. The van der Waals surface area contributed by atoms with Gasteiger partial charge in [0.05, 0.1) is 0 Å². The van der Waals surface area contributed by atoms with Gasteiger partial charge in [-0.1, -0.05) is 32.0 Å². The van der Waals surface area contributed by atoms with Crippen LogP contribution in [0.4, 0.5) is 0 Å². The van der Waals surface area contributed by atoms with Crippen LogP contribution in [-0.4, -0.2) is 0 Å². The standard InChI is InChI=1S/C30H42/c1-3-20-5-6-26(4-2)27(11-20)28-12-24-10-25(13-28)18-30(17-24,19-28)29-14-21-7-22(15-29)9-23(8-21)16-29/h5-6,11,21-25H,3-4,7-10,12-19H2,1-2H3. The topological polar surface area (TPSA) is 0 Å². The van der Waals surface area contributed by atoms with Crippen LogP contribution in [0.2, 0.25) is 0 Å². The highest BCUT2D eigenvalue weighted by Gasteiger charge is 2.67. The van der Waals surface area contributed by atoms with Gasteiger partial charge in [-0.15, -0.1) is 0 Å². The Morgan fingerprint density at radius 3 is 1.80 bits per heavy atom. The summed E-state index contributed by atoms with van der Waals surface area (Å²) in [6.07, 6.45) is 21.5. The summed E-state index contributed by atoms with van der Waals surface area (Å²) >= 11 is 0. The van der Waals surface area contributed by atoms with Crippen LogP contribution in [0.25, 0.3) is 0 Å². The predicted molar refractivity (Wildman–Crippen MR) is 125 cm³/mol. The zero-order valence-electron chi connectivity index (χ0n) is 19.5. The van der Waals surface area contributed by atoms with E-state index in [4.69, 9.17) is 0 Å². The van der Waals surface area contributed by atoms with E-state index in [1.165, 1.54) is 25.7 Å². The third-order valence-electron chi connectivity index (χ3n) is 11.8. The Bertz CT molecular complexity index is 810. The van der Waals surface area contributed by atoms with Crippen molar-refractivity contribution in [2.24, 2.45) is 40.4 Å². The highest BCUT2D eigenvalue weighted by Crippen LogP contribution is 2.77. The molecule has 0 nitrogen and oxygen atoms in total. The number of aryl methyl sites for hydroxylation is 2. The largest absolute Gasteiger partial charge is 0.0613 e. The average Bonchev–Trinajstić information content (AvgIpc) is 2.71. The summed E-state index contributed by atoms with van der Waals surface area (Å²) in [7, 11) is 0. The molecule has 0 amide bonds. The molecule has 8 aliphatic rings. The Morgan fingerprint density at radius 2 is 1.23 bits per heavy atom. The maximum Gasteiger partial charge on any atom is -0.00334 e. The van der Waals surface area contributed by atoms with Crippen LogP contribution in [-0.2, 0) is 18.3 Å². The molecule has 0 aromatic heterocycles. The van der Waals surface area contributed by atoms with Gasteiger partial charge in [-0.05, 0) is 152 Å². The molecule has 0 radical (unpaired) electrons. The van der Waals surface area contributed by atoms with Crippen LogP contribution in [0.15, 0.2) is 18.2 Å². The number of hydrogen-bond donors (Lipinski definition) is 0. The van der Waals surface area contributed by atoms with Crippen LogP contribution in [0.1, 0.15) is 108 Å². The van der Waals surface area contributed by atoms with E-state index in [1.54, 1.807) is 75.3 Å². The Hall–Kier alpha value is -0.780. The van der Waals surface area contributed by atoms with Crippen molar-refractivity contribution in [3.63, 3.8) is 0 Å².